The third-order valence-electron chi connectivity index (χ3n) is 2.44. The zero-order chi connectivity index (χ0) is 14.0. The van der Waals surface area contributed by atoms with Gasteiger partial charge in [0.25, 0.3) is 5.91 Å². The fraction of sp³-hybridized carbons (Fsp3) is 0.571. The molecule has 1 aromatic rings. The Morgan fingerprint density at radius 1 is 1.33 bits per heavy atom. The Kier molecular flexibility index (Phi) is 4.09. The molecule has 0 aliphatic carbocycles. The molecule has 0 spiro atoms. The van der Waals surface area contributed by atoms with Crippen LogP contribution < -0.4 is 5.32 Å². The van der Waals surface area contributed by atoms with Crippen LogP contribution in [0.2, 0.25) is 0 Å². The highest BCUT2D eigenvalue weighted by atomic mass is 19.1. The lowest BCUT2D eigenvalue weighted by molar-refractivity contribution is 0.0887. The molecule has 1 rings (SSSR count). The molecule has 18 heavy (non-hydrogen) atoms. The van der Waals surface area contributed by atoms with Crippen LogP contribution in [0.25, 0.3) is 0 Å². The fourth-order valence-electron chi connectivity index (χ4n) is 2.30. The lowest BCUT2D eigenvalue weighted by Gasteiger charge is -2.33. The van der Waals surface area contributed by atoms with Gasteiger partial charge in [-0.15, -0.1) is 0 Å². The summed E-state index contributed by atoms with van der Waals surface area (Å²) >= 11 is 0. The lowest BCUT2D eigenvalue weighted by Crippen LogP contribution is -2.46. The second-order valence-corrected chi connectivity index (χ2v) is 6.43. The number of nitrogens with zero attached hydrogens (tertiary/aromatic N) is 1. The van der Waals surface area contributed by atoms with Crippen LogP contribution in [0.15, 0.2) is 18.5 Å². The maximum atomic E-state index is 13.4. The predicted molar refractivity (Wildman–Crippen MR) is 69.8 cm³/mol. The molecule has 0 aromatic carbocycles. The van der Waals surface area contributed by atoms with E-state index in [0.29, 0.717) is 0 Å². The monoisotopic (exact) mass is 252 g/mol. The molecule has 3 nitrogen and oxygen atoms in total. The smallest absolute Gasteiger partial charge is 0.254 e. The topological polar surface area (TPSA) is 42.0 Å². The standard InChI is InChI=1S/C14H21FN2O/c1-13(2,3)9-14(4,5)17-12(18)10-6-7-16-8-11(10)15/h6-8H,9H2,1-5H3,(H,17,18). The number of nitrogens with one attached hydrogen (secondary N) is 1. The zero-order valence-corrected chi connectivity index (χ0v) is 11.7. The number of rotatable bonds is 3. The first kappa shape index (κ1) is 14.6. The quantitative estimate of drug-likeness (QED) is 0.897. The van der Waals surface area contributed by atoms with E-state index < -0.39 is 11.7 Å². The summed E-state index contributed by atoms with van der Waals surface area (Å²) in [5, 5.41) is 2.86. The summed E-state index contributed by atoms with van der Waals surface area (Å²) in [7, 11) is 0. The molecule has 1 aromatic heterocycles. The number of pyridine rings is 1. The summed E-state index contributed by atoms with van der Waals surface area (Å²) in [6.07, 6.45) is 3.26. The first-order chi connectivity index (χ1) is 8.11. The van der Waals surface area contributed by atoms with Crippen LogP contribution in [0.4, 0.5) is 4.39 Å². The minimum atomic E-state index is -0.596. The summed E-state index contributed by atoms with van der Waals surface area (Å²) in [6.45, 7) is 10.2. The Hall–Kier alpha value is -1.45. The molecule has 0 bridgehead atoms. The van der Waals surface area contributed by atoms with E-state index in [1.165, 1.54) is 12.3 Å². The van der Waals surface area contributed by atoms with Gasteiger partial charge in [-0.05, 0) is 31.7 Å². The molecule has 1 N–H and O–H groups in total. The Balaban J connectivity index is 2.79. The molecule has 0 saturated carbocycles. The summed E-state index contributed by atoms with van der Waals surface area (Å²) in [6, 6.07) is 1.39. The second-order valence-electron chi connectivity index (χ2n) is 6.43. The second kappa shape index (κ2) is 5.04. The van der Waals surface area contributed by atoms with Crippen molar-refractivity contribution >= 4 is 5.91 Å². The number of amides is 1. The highest BCUT2D eigenvalue weighted by Crippen LogP contribution is 2.27. The van der Waals surface area contributed by atoms with Crippen LogP contribution in [-0.4, -0.2) is 16.4 Å². The van der Waals surface area contributed by atoms with E-state index in [1.807, 2.05) is 13.8 Å². The van der Waals surface area contributed by atoms with Crippen LogP contribution in [0.3, 0.4) is 0 Å². The number of carbonyl (C=O) groups is 1. The maximum Gasteiger partial charge on any atom is 0.254 e. The maximum absolute atomic E-state index is 13.4. The average molecular weight is 252 g/mol. The summed E-state index contributed by atoms with van der Waals surface area (Å²) < 4.78 is 13.4. The minimum absolute atomic E-state index is 0.0342. The molecule has 1 amide bonds. The molecule has 0 aliphatic rings. The predicted octanol–water partition coefficient (Wildman–Crippen LogP) is 3.17. The fourth-order valence-corrected chi connectivity index (χ4v) is 2.30. The summed E-state index contributed by atoms with van der Waals surface area (Å²) in [5.41, 5.74) is -0.259. The highest BCUT2D eigenvalue weighted by Gasteiger charge is 2.28. The number of hydrogen-bond acceptors (Lipinski definition) is 2. The molecule has 0 fully saturated rings. The third kappa shape index (κ3) is 4.43. The minimum Gasteiger partial charge on any atom is -0.347 e. The van der Waals surface area contributed by atoms with Gasteiger partial charge in [-0.25, -0.2) is 4.39 Å². The highest BCUT2D eigenvalue weighted by molar-refractivity contribution is 5.94. The van der Waals surface area contributed by atoms with Crippen molar-refractivity contribution in [2.24, 2.45) is 5.41 Å². The summed E-state index contributed by atoms with van der Waals surface area (Å²) in [4.78, 5) is 15.6. The van der Waals surface area contributed by atoms with Gasteiger partial charge in [0.05, 0.1) is 11.8 Å². The van der Waals surface area contributed by atoms with Gasteiger partial charge in [-0.2, -0.15) is 0 Å². The van der Waals surface area contributed by atoms with Crippen molar-refractivity contribution in [3.63, 3.8) is 0 Å². The van der Waals surface area contributed by atoms with Crippen molar-refractivity contribution in [1.82, 2.24) is 10.3 Å². The van der Waals surface area contributed by atoms with Gasteiger partial charge >= 0.3 is 0 Å². The van der Waals surface area contributed by atoms with Crippen molar-refractivity contribution in [3.05, 3.63) is 29.8 Å². The molecule has 0 saturated heterocycles. The molecular weight excluding hydrogens is 231 g/mol. The van der Waals surface area contributed by atoms with E-state index >= 15 is 0 Å². The van der Waals surface area contributed by atoms with Crippen molar-refractivity contribution in [2.45, 2.75) is 46.6 Å². The van der Waals surface area contributed by atoms with Gasteiger partial charge in [0.1, 0.15) is 0 Å². The van der Waals surface area contributed by atoms with Gasteiger partial charge < -0.3 is 5.32 Å². The first-order valence-electron chi connectivity index (χ1n) is 6.03. The van der Waals surface area contributed by atoms with E-state index in [0.717, 1.165) is 12.6 Å². The number of hydrogen-bond donors (Lipinski definition) is 1. The Bertz CT molecular complexity index is 436. The molecule has 1 heterocycles. The molecule has 0 atom stereocenters. The van der Waals surface area contributed by atoms with Crippen LogP contribution in [-0.2, 0) is 0 Å². The Morgan fingerprint density at radius 2 is 1.94 bits per heavy atom. The van der Waals surface area contributed by atoms with E-state index in [1.54, 1.807) is 0 Å². The first-order valence-corrected chi connectivity index (χ1v) is 6.03. The van der Waals surface area contributed by atoms with Gasteiger partial charge in [0.15, 0.2) is 5.82 Å². The van der Waals surface area contributed by atoms with Crippen molar-refractivity contribution < 1.29 is 9.18 Å². The van der Waals surface area contributed by atoms with Gasteiger partial charge in [-0.1, -0.05) is 20.8 Å². The number of halogens is 1. The van der Waals surface area contributed by atoms with Crippen LogP contribution in [0.1, 0.15) is 51.4 Å². The van der Waals surface area contributed by atoms with Crippen LogP contribution in [0, 0.1) is 11.2 Å². The SMILES string of the molecule is CC(C)(C)CC(C)(C)NC(=O)c1ccncc1F. The molecule has 100 valence electrons. The van der Waals surface area contributed by atoms with Crippen LogP contribution >= 0.6 is 0 Å². The Morgan fingerprint density at radius 3 is 2.44 bits per heavy atom. The molecule has 0 aliphatic heterocycles. The molecule has 0 unspecified atom stereocenters. The van der Waals surface area contributed by atoms with E-state index in [4.69, 9.17) is 0 Å². The molecule has 4 heteroatoms. The van der Waals surface area contributed by atoms with Crippen molar-refractivity contribution in [2.75, 3.05) is 0 Å². The normalized spacial score (nSPS) is 12.3. The van der Waals surface area contributed by atoms with E-state index in [9.17, 15) is 9.18 Å². The number of carbonyl (C=O) groups excluding carboxylic acids is 1. The van der Waals surface area contributed by atoms with Crippen LogP contribution in [0.5, 0.6) is 0 Å². The Labute approximate surface area is 108 Å². The largest absolute Gasteiger partial charge is 0.347 e. The molecular formula is C14H21FN2O. The van der Waals surface area contributed by atoms with E-state index in [-0.39, 0.29) is 16.5 Å². The lowest BCUT2D eigenvalue weighted by atomic mass is 9.81. The van der Waals surface area contributed by atoms with Crippen molar-refractivity contribution in [1.29, 1.82) is 0 Å². The van der Waals surface area contributed by atoms with Crippen molar-refractivity contribution in [3.8, 4) is 0 Å². The molecule has 0 radical (unpaired) electrons. The van der Waals surface area contributed by atoms with E-state index in [2.05, 4.69) is 31.1 Å². The zero-order valence-electron chi connectivity index (χ0n) is 11.7. The van der Waals surface area contributed by atoms with Gasteiger partial charge in [-0.3, -0.25) is 9.78 Å². The summed E-state index contributed by atoms with van der Waals surface area (Å²) in [5.74, 6) is -0.995. The van der Waals surface area contributed by atoms with Gasteiger partial charge in [0.2, 0.25) is 0 Å². The van der Waals surface area contributed by atoms with Gasteiger partial charge in [0, 0.05) is 11.7 Å². The number of aromatic nitrogens is 1. The third-order valence-corrected chi connectivity index (χ3v) is 2.44. The average Bonchev–Trinajstić information content (AvgIpc) is 2.12.